The normalized spacial score (nSPS) is 37.0. The number of rotatable bonds is 4. The Morgan fingerprint density at radius 2 is 1.79 bits per heavy atom. The second-order valence-electron chi connectivity index (χ2n) is 9.55. The van der Waals surface area contributed by atoms with Gasteiger partial charge < -0.3 is 10.2 Å². The van der Waals surface area contributed by atoms with E-state index in [-0.39, 0.29) is 42.1 Å². The van der Waals surface area contributed by atoms with Crippen LogP contribution in [0.25, 0.3) is 0 Å². The van der Waals surface area contributed by atoms with Crippen molar-refractivity contribution in [1.29, 1.82) is 0 Å². The number of aliphatic hydroxyl groups excluding tert-OH is 1. The number of carboxylic acids is 1. The summed E-state index contributed by atoms with van der Waals surface area (Å²) in [5.74, 6) is -2.22. The van der Waals surface area contributed by atoms with Crippen LogP contribution in [0.5, 0.6) is 0 Å². The van der Waals surface area contributed by atoms with Gasteiger partial charge in [0, 0.05) is 11.3 Å². The Balaban J connectivity index is 1.61. The SMILES string of the molecule is CCC1CCC2C(C(=O)O)=C(O)C(C3(C4CCC(C(F)(F)F)CC4)CC3)=NC2C1. The van der Waals surface area contributed by atoms with E-state index < -0.39 is 23.5 Å². The first kappa shape index (κ1) is 20.7. The second-order valence-corrected chi connectivity index (χ2v) is 9.55. The highest BCUT2D eigenvalue weighted by atomic mass is 19.4. The second kappa shape index (κ2) is 7.31. The monoisotopic (exact) mass is 413 g/mol. The van der Waals surface area contributed by atoms with Gasteiger partial charge in [-0.3, -0.25) is 4.99 Å². The Kier molecular flexibility index (Phi) is 5.23. The fourth-order valence-electron chi connectivity index (χ4n) is 6.18. The number of alkyl halides is 3. The fourth-order valence-corrected chi connectivity index (χ4v) is 6.18. The molecule has 3 fully saturated rings. The molecule has 0 spiro atoms. The summed E-state index contributed by atoms with van der Waals surface area (Å²) in [6.07, 6.45) is 2.07. The minimum Gasteiger partial charge on any atom is -0.505 e. The number of dihydropyridines is 1. The molecule has 29 heavy (non-hydrogen) atoms. The van der Waals surface area contributed by atoms with Gasteiger partial charge in [-0.05, 0) is 69.6 Å². The molecule has 0 radical (unpaired) electrons. The smallest absolute Gasteiger partial charge is 0.391 e. The van der Waals surface area contributed by atoms with E-state index in [4.69, 9.17) is 4.99 Å². The zero-order valence-electron chi connectivity index (χ0n) is 16.8. The largest absolute Gasteiger partial charge is 0.505 e. The summed E-state index contributed by atoms with van der Waals surface area (Å²) in [5.41, 5.74) is 0.152. The molecule has 3 saturated carbocycles. The number of hydrogen-bond donors (Lipinski definition) is 2. The molecular weight excluding hydrogens is 383 g/mol. The summed E-state index contributed by atoms with van der Waals surface area (Å²) >= 11 is 0. The molecule has 1 aliphatic heterocycles. The van der Waals surface area contributed by atoms with E-state index in [1.165, 1.54) is 0 Å². The van der Waals surface area contributed by atoms with E-state index in [1.807, 2.05) is 0 Å². The number of carboxylic acid groups (broad SMARTS) is 1. The van der Waals surface area contributed by atoms with Crippen molar-refractivity contribution in [3.63, 3.8) is 0 Å². The Morgan fingerprint density at radius 3 is 2.31 bits per heavy atom. The summed E-state index contributed by atoms with van der Waals surface area (Å²) in [4.78, 5) is 16.9. The number of halogens is 3. The molecule has 1 heterocycles. The van der Waals surface area contributed by atoms with Gasteiger partial charge in [0.05, 0.1) is 23.2 Å². The molecule has 3 unspecified atom stereocenters. The predicted molar refractivity (Wildman–Crippen MR) is 103 cm³/mol. The Bertz CT molecular complexity index is 730. The number of aliphatic carboxylic acids is 1. The van der Waals surface area contributed by atoms with Gasteiger partial charge >= 0.3 is 12.1 Å². The van der Waals surface area contributed by atoms with Crippen molar-refractivity contribution in [1.82, 2.24) is 0 Å². The molecule has 0 aromatic heterocycles. The first-order valence-corrected chi connectivity index (χ1v) is 11.0. The molecule has 0 amide bonds. The van der Waals surface area contributed by atoms with Gasteiger partial charge in [-0.15, -0.1) is 0 Å². The Hall–Kier alpha value is -1.53. The minimum atomic E-state index is -4.15. The molecule has 3 atom stereocenters. The standard InChI is InChI=1S/C22H30F3NO3/c1-2-12-3-8-15-16(11-12)26-19(18(27)17(15)20(28)29)21(9-10-21)13-4-6-14(7-5-13)22(23,24)25/h12-16,27H,2-11H2,1H3,(H,28,29). The van der Waals surface area contributed by atoms with Crippen LogP contribution in [0.3, 0.4) is 0 Å². The van der Waals surface area contributed by atoms with Crippen molar-refractivity contribution in [3.05, 3.63) is 11.3 Å². The first-order valence-electron chi connectivity index (χ1n) is 11.0. The van der Waals surface area contributed by atoms with Crippen LogP contribution in [0.4, 0.5) is 13.2 Å². The van der Waals surface area contributed by atoms with Crippen LogP contribution in [0, 0.1) is 29.1 Å². The third kappa shape index (κ3) is 3.59. The molecule has 4 nitrogen and oxygen atoms in total. The van der Waals surface area contributed by atoms with Crippen LogP contribution >= 0.6 is 0 Å². The van der Waals surface area contributed by atoms with Crippen molar-refractivity contribution in [2.45, 2.75) is 83.4 Å². The van der Waals surface area contributed by atoms with E-state index >= 15 is 0 Å². The summed E-state index contributed by atoms with van der Waals surface area (Å²) in [6.45, 7) is 2.13. The maximum atomic E-state index is 13.1. The molecule has 4 rings (SSSR count). The van der Waals surface area contributed by atoms with Crippen LogP contribution < -0.4 is 0 Å². The topological polar surface area (TPSA) is 69.9 Å². The minimum absolute atomic E-state index is 0.0409. The molecule has 0 saturated heterocycles. The molecule has 4 aliphatic rings. The van der Waals surface area contributed by atoms with Gasteiger partial charge in [-0.2, -0.15) is 13.2 Å². The summed E-state index contributed by atoms with van der Waals surface area (Å²) < 4.78 is 39.2. The van der Waals surface area contributed by atoms with Crippen LogP contribution in [0.15, 0.2) is 16.3 Å². The summed E-state index contributed by atoms with van der Waals surface area (Å²) in [5, 5.41) is 20.7. The number of nitrogens with zero attached hydrogens (tertiary/aromatic N) is 1. The molecule has 2 N–H and O–H groups in total. The first-order chi connectivity index (χ1) is 13.7. The Morgan fingerprint density at radius 1 is 1.14 bits per heavy atom. The van der Waals surface area contributed by atoms with E-state index in [0.29, 0.717) is 24.5 Å². The number of aliphatic imine (C=N–C) groups is 1. The molecule has 0 bridgehead atoms. The van der Waals surface area contributed by atoms with Crippen molar-refractivity contribution in [2.24, 2.45) is 34.1 Å². The molecular formula is C22H30F3NO3. The number of aliphatic hydroxyl groups is 1. The maximum Gasteiger partial charge on any atom is 0.391 e. The van der Waals surface area contributed by atoms with Gasteiger partial charge in [0.2, 0.25) is 0 Å². The highest BCUT2D eigenvalue weighted by molar-refractivity contribution is 6.10. The molecule has 0 aromatic carbocycles. The van der Waals surface area contributed by atoms with Gasteiger partial charge in [0.15, 0.2) is 0 Å². The lowest BCUT2D eigenvalue weighted by molar-refractivity contribution is -0.184. The highest BCUT2D eigenvalue weighted by Gasteiger charge is 2.58. The maximum absolute atomic E-state index is 13.1. The summed E-state index contributed by atoms with van der Waals surface area (Å²) in [6, 6.07) is -0.130. The summed E-state index contributed by atoms with van der Waals surface area (Å²) in [7, 11) is 0. The third-order valence-corrected chi connectivity index (χ3v) is 8.11. The number of carbonyl (C=O) groups is 1. The zero-order chi connectivity index (χ0) is 21.0. The molecule has 3 aliphatic carbocycles. The van der Waals surface area contributed by atoms with E-state index in [9.17, 15) is 28.2 Å². The molecule has 162 valence electrons. The number of allylic oxidation sites excluding steroid dienone is 1. The lowest BCUT2D eigenvalue weighted by atomic mass is 9.68. The average Bonchev–Trinajstić information content (AvgIpc) is 3.48. The van der Waals surface area contributed by atoms with E-state index in [0.717, 1.165) is 38.5 Å². The van der Waals surface area contributed by atoms with Gasteiger partial charge in [0.1, 0.15) is 5.76 Å². The predicted octanol–water partition coefficient (Wildman–Crippen LogP) is 5.68. The molecule has 0 aromatic rings. The fraction of sp³-hybridized carbons (Fsp3) is 0.818. The van der Waals surface area contributed by atoms with Gasteiger partial charge in [-0.25, -0.2) is 4.79 Å². The Labute approximate surface area is 169 Å². The third-order valence-electron chi connectivity index (χ3n) is 8.11. The van der Waals surface area contributed by atoms with Crippen LogP contribution in [-0.2, 0) is 4.79 Å². The van der Waals surface area contributed by atoms with Crippen molar-refractivity contribution in [2.75, 3.05) is 0 Å². The van der Waals surface area contributed by atoms with Crippen LogP contribution in [0.1, 0.15) is 71.1 Å². The van der Waals surface area contributed by atoms with Crippen molar-refractivity contribution >= 4 is 11.7 Å². The van der Waals surface area contributed by atoms with E-state index in [1.54, 1.807) is 0 Å². The number of hydrogen-bond acceptors (Lipinski definition) is 3. The lowest BCUT2D eigenvalue weighted by Crippen LogP contribution is -2.41. The zero-order valence-corrected chi connectivity index (χ0v) is 16.8. The van der Waals surface area contributed by atoms with Gasteiger partial charge in [0.25, 0.3) is 0 Å². The van der Waals surface area contributed by atoms with Gasteiger partial charge in [-0.1, -0.05) is 13.3 Å². The van der Waals surface area contributed by atoms with E-state index in [2.05, 4.69) is 6.92 Å². The molecule has 7 heteroatoms. The van der Waals surface area contributed by atoms with Crippen LogP contribution in [-0.4, -0.2) is 34.1 Å². The number of fused-ring (bicyclic) bond motifs is 1. The van der Waals surface area contributed by atoms with Crippen molar-refractivity contribution < 1.29 is 28.2 Å². The van der Waals surface area contributed by atoms with Crippen molar-refractivity contribution in [3.8, 4) is 0 Å². The quantitative estimate of drug-likeness (QED) is 0.623. The lowest BCUT2D eigenvalue weighted by Gasteiger charge is -2.41. The van der Waals surface area contributed by atoms with Crippen LogP contribution in [0.2, 0.25) is 0 Å². The average molecular weight is 413 g/mol. The highest BCUT2D eigenvalue weighted by Crippen LogP contribution is 2.61.